The lowest BCUT2D eigenvalue weighted by Crippen LogP contribution is -2.30. The normalized spacial score (nSPS) is 17.8. The van der Waals surface area contributed by atoms with Crippen LogP contribution in [0.25, 0.3) is 5.69 Å². The minimum atomic E-state index is -0.157. The van der Waals surface area contributed by atoms with Crippen molar-refractivity contribution >= 4 is 50.5 Å². The molecule has 2 aromatic carbocycles. The number of nitrogens with zero attached hydrogens (tertiary/aromatic N) is 3. The standard InChI is InChI=1S/C25H20BrClN4OS/c1-32-22-12-11-18(15-19(22)27)31-24(23(29-25(31)33)20-5-2-3-13-28-20)21-6-4-14-30(21)17-9-7-16(26)8-10-17/h2-15,23-24H,1H3,(H,29,33). The third-order valence-corrected chi connectivity index (χ3v) is 6.84. The van der Waals surface area contributed by atoms with E-state index in [1.54, 1.807) is 13.3 Å². The molecule has 5 nitrogen and oxygen atoms in total. The molecule has 1 N–H and O–H groups in total. The number of rotatable bonds is 5. The van der Waals surface area contributed by atoms with Gasteiger partial charge in [-0.05, 0) is 78.9 Å². The largest absolute Gasteiger partial charge is 0.495 e. The Balaban J connectivity index is 1.66. The number of hydrogen-bond acceptors (Lipinski definition) is 3. The number of hydrogen-bond donors (Lipinski definition) is 1. The summed E-state index contributed by atoms with van der Waals surface area (Å²) in [6.45, 7) is 0. The number of aromatic nitrogens is 2. The number of anilines is 1. The minimum absolute atomic E-state index is 0.149. The van der Waals surface area contributed by atoms with E-state index in [9.17, 15) is 0 Å². The summed E-state index contributed by atoms with van der Waals surface area (Å²) in [5, 5.41) is 4.63. The van der Waals surface area contributed by atoms with Crippen LogP contribution in [-0.4, -0.2) is 21.8 Å². The highest BCUT2D eigenvalue weighted by molar-refractivity contribution is 9.10. The summed E-state index contributed by atoms with van der Waals surface area (Å²) in [7, 11) is 1.61. The van der Waals surface area contributed by atoms with Crippen molar-refractivity contribution in [1.29, 1.82) is 0 Å². The van der Waals surface area contributed by atoms with Gasteiger partial charge in [0.25, 0.3) is 0 Å². The molecule has 4 aromatic rings. The molecule has 3 heterocycles. The predicted molar refractivity (Wildman–Crippen MR) is 139 cm³/mol. The van der Waals surface area contributed by atoms with E-state index in [4.69, 9.17) is 28.6 Å². The minimum Gasteiger partial charge on any atom is -0.495 e. The van der Waals surface area contributed by atoms with Gasteiger partial charge in [-0.15, -0.1) is 0 Å². The predicted octanol–water partition coefficient (Wildman–Crippen LogP) is 6.47. The van der Waals surface area contributed by atoms with Crippen molar-refractivity contribution in [2.45, 2.75) is 12.1 Å². The summed E-state index contributed by atoms with van der Waals surface area (Å²) in [6, 6.07) is 23.7. The quantitative estimate of drug-likeness (QED) is 0.294. The van der Waals surface area contributed by atoms with Crippen molar-refractivity contribution in [3.8, 4) is 11.4 Å². The van der Waals surface area contributed by atoms with Gasteiger partial charge in [-0.1, -0.05) is 33.6 Å². The fourth-order valence-electron chi connectivity index (χ4n) is 4.21. The number of methoxy groups -OCH3 is 1. The Hall–Kier alpha value is -2.87. The van der Waals surface area contributed by atoms with E-state index in [-0.39, 0.29) is 12.1 Å². The van der Waals surface area contributed by atoms with Crippen molar-refractivity contribution in [2.24, 2.45) is 0 Å². The molecular weight excluding hydrogens is 520 g/mol. The molecule has 2 unspecified atom stereocenters. The zero-order valence-electron chi connectivity index (χ0n) is 17.7. The van der Waals surface area contributed by atoms with Gasteiger partial charge in [0.1, 0.15) is 11.8 Å². The first-order valence-corrected chi connectivity index (χ1v) is 11.9. The molecule has 0 saturated carbocycles. The summed E-state index contributed by atoms with van der Waals surface area (Å²) < 4.78 is 8.56. The highest BCUT2D eigenvalue weighted by atomic mass is 79.9. The number of ether oxygens (including phenoxy) is 1. The maximum absolute atomic E-state index is 6.49. The van der Waals surface area contributed by atoms with E-state index in [0.717, 1.165) is 27.2 Å². The second kappa shape index (κ2) is 9.17. The molecule has 0 bridgehead atoms. The Labute approximate surface area is 211 Å². The first kappa shape index (κ1) is 21.9. The number of benzene rings is 2. The fraction of sp³-hybridized carbons (Fsp3) is 0.120. The number of thiocarbonyl (C=S) groups is 1. The molecule has 1 aliphatic rings. The maximum Gasteiger partial charge on any atom is 0.174 e. The van der Waals surface area contributed by atoms with Crippen LogP contribution in [0, 0.1) is 0 Å². The zero-order chi connectivity index (χ0) is 22.9. The van der Waals surface area contributed by atoms with Crippen molar-refractivity contribution in [3.63, 3.8) is 0 Å². The first-order valence-electron chi connectivity index (χ1n) is 10.3. The van der Waals surface area contributed by atoms with E-state index in [0.29, 0.717) is 15.9 Å². The second-order valence-electron chi connectivity index (χ2n) is 7.59. The van der Waals surface area contributed by atoms with Gasteiger partial charge in [-0.2, -0.15) is 0 Å². The lowest BCUT2D eigenvalue weighted by atomic mass is 10.0. The van der Waals surface area contributed by atoms with Crippen molar-refractivity contribution < 1.29 is 4.74 Å². The Kier molecular flexibility index (Phi) is 6.10. The smallest absolute Gasteiger partial charge is 0.174 e. The molecule has 1 aliphatic heterocycles. The topological polar surface area (TPSA) is 42.3 Å². The molecule has 2 atom stereocenters. The monoisotopic (exact) mass is 538 g/mol. The van der Waals surface area contributed by atoms with Crippen molar-refractivity contribution in [2.75, 3.05) is 12.0 Å². The van der Waals surface area contributed by atoms with Crippen LogP contribution in [-0.2, 0) is 0 Å². The van der Waals surface area contributed by atoms with Gasteiger partial charge in [-0.3, -0.25) is 4.98 Å². The zero-order valence-corrected chi connectivity index (χ0v) is 20.8. The summed E-state index contributed by atoms with van der Waals surface area (Å²) >= 11 is 15.8. The van der Waals surface area contributed by atoms with Gasteiger partial charge in [-0.25, -0.2) is 0 Å². The van der Waals surface area contributed by atoms with Gasteiger partial charge in [0, 0.05) is 33.9 Å². The van der Waals surface area contributed by atoms with Crippen LogP contribution < -0.4 is 15.0 Å². The average Bonchev–Trinajstić information content (AvgIpc) is 3.44. The lowest BCUT2D eigenvalue weighted by molar-refractivity contribution is 0.415. The summed E-state index contributed by atoms with van der Waals surface area (Å²) in [4.78, 5) is 6.73. The Morgan fingerprint density at radius 3 is 2.52 bits per heavy atom. The Morgan fingerprint density at radius 2 is 1.82 bits per heavy atom. The van der Waals surface area contributed by atoms with Gasteiger partial charge < -0.3 is 19.5 Å². The van der Waals surface area contributed by atoms with Gasteiger partial charge in [0.2, 0.25) is 0 Å². The molecule has 0 radical (unpaired) electrons. The Morgan fingerprint density at radius 1 is 1.03 bits per heavy atom. The molecule has 33 heavy (non-hydrogen) atoms. The molecular formula is C25H20BrClN4OS. The van der Waals surface area contributed by atoms with E-state index in [1.807, 2.05) is 54.6 Å². The molecule has 8 heteroatoms. The summed E-state index contributed by atoms with van der Waals surface area (Å²) in [5.41, 5.74) is 3.93. The van der Waals surface area contributed by atoms with Crippen molar-refractivity contribution in [1.82, 2.24) is 14.9 Å². The molecule has 1 fully saturated rings. The Bertz CT molecular complexity index is 1300. The van der Waals surface area contributed by atoms with Crippen LogP contribution in [0.5, 0.6) is 5.75 Å². The SMILES string of the molecule is COc1ccc(N2C(=S)NC(c3ccccn3)C2c2cccn2-c2ccc(Br)cc2)cc1Cl. The third kappa shape index (κ3) is 4.12. The second-order valence-corrected chi connectivity index (χ2v) is 9.30. The van der Waals surface area contributed by atoms with E-state index >= 15 is 0 Å². The number of nitrogens with one attached hydrogen (secondary N) is 1. The van der Waals surface area contributed by atoms with E-state index in [2.05, 4.69) is 60.1 Å². The van der Waals surface area contributed by atoms with Crippen LogP contribution in [0.4, 0.5) is 5.69 Å². The van der Waals surface area contributed by atoms with E-state index < -0.39 is 0 Å². The molecule has 0 aliphatic carbocycles. The average molecular weight is 540 g/mol. The molecule has 1 saturated heterocycles. The molecule has 166 valence electrons. The molecule has 5 rings (SSSR count). The van der Waals surface area contributed by atoms with Crippen LogP contribution in [0.1, 0.15) is 23.5 Å². The van der Waals surface area contributed by atoms with Crippen LogP contribution >= 0.6 is 39.7 Å². The van der Waals surface area contributed by atoms with Crippen LogP contribution in [0.2, 0.25) is 5.02 Å². The van der Waals surface area contributed by atoms with Gasteiger partial charge >= 0.3 is 0 Å². The third-order valence-electron chi connectivity index (χ3n) is 5.70. The summed E-state index contributed by atoms with van der Waals surface area (Å²) in [6.07, 6.45) is 3.87. The molecule has 0 spiro atoms. The number of halogens is 2. The van der Waals surface area contributed by atoms with Crippen LogP contribution in [0.3, 0.4) is 0 Å². The van der Waals surface area contributed by atoms with Gasteiger partial charge in [0.05, 0.1) is 23.9 Å². The summed E-state index contributed by atoms with van der Waals surface area (Å²) in [5.74, 6) is 0.620. The number of pyridine rings is 1. The van der Waals surface area contributed by atoms with Crippen LogP contribution in [0.15, 0.2) is 89.7 Å². The van der Waals surface area contributed by atoms with E-state index in [1.165, 1.54) is 0 Å². The van der Waals surface area contributed by atoms with Gasteiger partial charge in [0.15, 0.2) is 5.11 Å². The maximum atomic E-state index is 6.49. The first-order chi connectivity index (χ1) is 16.1. The molecule has 0 amide bonds. The highest BCUT2D eigenvalue weighted by Gasteiger charge is 2.42. The fourth-order valence-corrected chi connectivity index (χ4v) is 5.07. The highest BCUT2D eigenvalue weighted by Crippen LogP contribution is 2.43. The van der Waals surface area contributed by atoms with Crippen molar-refractivity contribution in [3.05, 3.63) is 106 Å². The molecule has 2 aromatic heterocycles. The lowest BCUT2D eigenvalue weighted by Gasteiger charge is -2.29.